The van der Waals surface area contributed by atoms with Gasteiger partial charge in [0.25, 0.3) is 0 Å². The first kappa shape index (κ1) is 12.9. The number of hydrogen-bond acceptors (Lipinski definition) is 3. The summed E-state index contributed by atoms with van der Waals surface area (Å²) >= 11 is 8.20. The second kappa shape index (κ2) is 5.09. The standard InChI is InChI=1S/C14H11ClINO2/c15-8-1-4-12(11(16)5-8)17-13-7-19-14-6-9(18)2-3-10(13)14/h1-6,13,17-18H,7H2. The van der Waals surface area contributed by atoms with Gasteiger partial charge < -0.3 is 15.2 Å². The quantitative estimate of drug-likeness (QED) is 0.759. The van der Waals surface area contributed by atoms with Crippen LogP contribution in [-0.4, -0.2) is 11.7 Å². The summed E-state index contributed by atoms with van der Waals surface area (Å²) in [4.78, 5) is 0. The van der Waals surface area contributed by atoms with Gasteiger partial charge in [0.1, 0.15) is 18.1 Å². The van der Waals surface area contributed by atoms with Crippen LogP contribution in [0.5, 0.6) is 11.5 Å². The predicted molar refractivity (Wildman–Crippen MR) is 84.1 cm³/mol. The summed E-state index contributed by atoms with van der Waals surface area (Å²) in [6.07, 6.45) is 0. The van der Waals surface area contributed by atoms with Crippen LogP contribution in [-0.2, 0) is 0 Å². The molecule has 3 nitrogen and oxygen atoms in total. The van der Waals surface area contributed by atoms with Gasteiger partial charge in [-0.2, -0.15) is 0 Å². The number of ether oxygens (including phenoxy) is 1. The molecule has 0 aromatic heterocycles. The number of aromatic hydroxyl groups is 1. The maximum atomic E-state index is 9.43. The molecular formula is C14H11ClINO2. The Morgan fingerprint density at radius 2 is 2.11 bits per heavy atom. The van der Waals surface area contributed by atoms with E-state index >= 15 is 0 Å². The van der Waals surface area contributed by atoms with Crippen LogP contribution in [0.2, 0.25) is 5.02 Å². The largest absolute Gasteiger partial charge is 0.508 e. The molecule has 0 bridgehead atoms. The molecule has 0 saturated carbocycles. The van der Waals surface area contributed by atoms with E-state index in [-0.39, 0.29) is 11.8 Å². The molecule has 1 unspecified atom stereocenters. The number of halogens is 2. The molecule has 98 valence electrons. The molecule has 0 spiro atoms. The van der Waals surface area contributed by atoms with Gasteiger partial charge in [-0.05, 0) is 52.9 Å². The summed E-state index contributed by atoms with van der Waals surface area (Å²) in [6.45, 7) is 0.553. The smallest absolute Gasteiger partial charge is 0.128 e. The van der Waals surface area contributed by atoms with E-state index in [1.165, 1.54) is 0 Å². The van der Waals surface area contributed by atoms with Gasteiger partial charge in [-0.3, -0.25) is 0 Å². The van der Waals surface area contributed by atoms with Gasteiger partial charge in [-0.15, -0.1) is 0 Å². The topological polar surface area (TPSA) is 41.5 Å². The Morgan fingerprint density at radius 1 is 1.26 bits per heavy atom. The average Bonchev–Trinajstić information content (AvgIpc) is 2.75. The van der Waals surface area contributed by atoms with Crippen LogP contribution in [0.4, 0.5) is 5.69 Å². The van der Waals surface area contributed by atoms with Crippen molar-refractivity contribution in [2.75, 3.05) is 11.9 Å². The Morgan fingerprint density at radius 3 is 2.89 bits per heavy atom. The van der Waals surface area contributed by atoms with E-state index in [4.69, 9.17) is 16.3 Å². The van der Waals surface area contributed by atoms with Crippen molar-refractivity contribution in [3.63, 3.8) is 0 Å². The third-order valence-electron chi connectivity index (χ3n) is 3.04. The van der Waals surface area contributed by atoms with E-state index in [1.807, 2.05) is 24.3 Å². The van der Waals surface area contributed by atoms with Gasteiger partial charge >= 0.3 is 0 Å². The molecule has 1 aliphatic heterocycles. The Bertz CT molecular complexity index is 633. The minimum atomic E-state index is 0.0882. The number of rotatable bonds is 2. The molecule has 19 heavy (non-hydrogen) atoms. The highest BCUT2D eigenvalue weighted by Gasteiger charge is 2.24. The molecule has 1 aliphatic rings. The lowest BCUT2D eigenvalue weighted by molar-refractivity contribution is 0.338. The normalized spacial score (nSPS) is 16.8. The summed E-state index contributed by atoms with van der Waals surface area (Å²) in [7, 11) is 0. The van der Waals surface area contributed by atoms with Gasteiger partial charge in [0.05, 0.1) is 6.04 Å². The zero-order chi connectivity index (χ0) is 13.4. The Kier molecular flexibility index (Phi) is 3.45. The predicted octanol–water partition coefficient (Wildman–Crippen LogP) is 4.20. The minimum absolute atomic E-state index is 0.0882. The average molecular weight is 388 g/mol. The van der Waals surface area contributed by atoms with Gasteiger partial charge in [-0.25, -0.2) is 0 Å². The third-order valence-corrected chi connectivity index (χ3v) is 4.17. The number of benzene rings is 2. The first-order valence-electron chi connectivity index (χ1n) is 5.81. The van der Waals surface area contributed by atoms with Crippen LogP contribution < -0.4 is 10.1 Å². The minimum Gasteiger partial charge on any atom is -0.508 e. The van der Waals surface area contributed by atoms with Crippen LogP contribution in [0.1, 0.15) is 11.6 Å². The first-order valence-corrected chi connectivity index (χ1v) is 7.26. The van der Waals surface area contributed by atoms with Crippen LogP contribution in [0.25, 0.3) is 0 Å². The lowest BCUT2D eigenvalue weighted by Crippen LogP contribution is -2.12. The maximum absolute atomic E-state index is 9.43. The number of phenols is 1. The summed E-state index contributed by atoms with van der Waals surface area (Å²) in [6, 6.07) is 11.0. The number of nitrogens with one attached hydrogen (secondary N) is 1. The van der Waals surface area contributed by atoms with Crippen LogP contribution >= 0.6 is 34.2 Å². The van der Waals surface area contributed by atoms with Crippen molar-refractivity contribution in [3.05, 3.63) is 50.6 Å². The summed E-state index contributed by atoms with van der Waals surface area (Å²) in [5.74, 6) is 0.960. The van der Waals surface area contributed by atoms with Crippen molar-refractivity contribution in [1.29, 1.82) is 0 Å². The van der Waals surface area contributed by atoms with Crippen molar-refractivity contribution >= 4 is 39.9 Å². The lowest BCUT2D eigenvalue weighted by Gasteiger charge is -2.14. The molecule has 1 atom stereocenters. The molecule has 0 radical (unpaired) electrons. The van der Waals surface area contributed by atoms with E-state index < -0.39 is 0 Å². The van der Waals surface area contributed by atoms with Crippen molar-refractivity contribution in [1.82, 2.24) is 0 Å². The third kappa shape index (κ3) is 2.60. The van der Waals surface area contributed by atoms with E-state index in [1.54, 1.807) is 12.1 Å². The van der Waals surface area contributed by atoms with Gasteiger partial charge in [0, 0.05) is 25.9 Å². The van der Waals surface area contributed by atoms with Crippen molar-refractivity contribution in [3.8, 4) is 11.5 Å². The monoisotopic (exact) mass is 387 g/mol. The zero-order valence-corrected chi connectivity index (χ0v) is 12.8. The van der Waals surface area contributed by atoms with E-state index in [0.717, 1.165) is 25.6 Å². The molecule has 1 heterocycles. The fraction of sp³-hybridized carbons (Fsp3) is 0.143. The lowest BCUT2D eigenvalue weighted by atomic mass is 10.1. The fourth-order valence-electron chi connectivity index (χ4n) is 2.11. The van der Waals surface area contributed by atoms with Crippen molar-refractivity contribution in [2.45, 2.75) is 6.04 Å². The second-order valence-electron chi connectivity index (χ2n) is 4.35. The highest BCUT2D eigenvalue weighted by atomic mass is 127. The molecule has 5 heteroatoms. The SMILES string of the molecule is Oc1ccc2c(c1)OCC2Nc1ccc(Cl)cc1I. The van der Waals surface area contributed by atoms with E-state index in [9.17, 15) is 5.11 Å². The van der Waals surface area contributed by atoms with Crippen LogP contribution in [0.3, 0.4) is 0 Å². The fourth-order valence-corrected chi connectivity index (χ4v) is 3.14. The molecule has 2 aromatic carbocycles. The molecule has 0 saturated heterocycles. The molecule has 2 N–H and O–H groups in total. The number of fused-ring (bicyclic) bond motifs is 1. The Balaban J connectivity index is 1.86. The first-order chi connectivity index (χ1) is 9.13. The molecule has 2 aromatic rings. The number of anilines is 1. The second-order valence-corrected chi connectivity index (χ2v) is 5.95. The summed E-state index contributed by atoms with van der Waals surface area (Å²) < 4.78 is 6.64. The molecule has 0 aliphatic carbocycles. The zero-order valence-electron chi connectivity index (χ0n) is 9.86. The van der Waals surface area contributed by atoms with Crippen LogP contribution in [0.15, 0.2) is 36.4 Å². The highest BCUT2D eigenvalue weighted by molar-refractivity contribution is 14.1. The summed E-state index contributed by atoms with van der Waals surface area (Å²) in [5.41, 5.74) is 2.09. The number of hydrogen-bond donors (Lipinski definition) is 2. The van der Waals surface area contributed by atoms with Gasteiger partial charge in [-0.1, -0.05) is 11.6 Å². The molecule has 0 fully saturated rings. The van der Waals surface area contributed by atoms with Gasteiger partial charge in [0.2, 0.25) is 0 Å². The van der Waals surface area contributed by atoms with E-state index in [0.29, 0.717) is 6.61 Å². The Hall–Kier alpha value is -1.14. The highest BCUT2D eigenvalue weighted by Crippen LogP contribution is 2.37. The molecule has 3 rings (SSSR count). The van der Waals surface area contributed by atoms with Crippen LogP contribution in [0, 0.1) is 3.57 Å². The number of phenolic OH excluding ortho intramolecular Hbond substituents is 1. The Labute approximate surface area is 129 Å². The van der Waals surface area contributed by atoms with Crippen molar-refractivity contribution in [2.24, 2.45) is 0 Å². The molecule has 0 amide bonds. The maximum Gasteiger partial charge on any atom is 0.128 e. The van der Waals surface area contributed by atoms with Gasteiger partial charge in [0.15, 0.2) is 0 Å². The molecular weight excluding hydrogens is 377 g/mol. The summed E-state index contributed by atoms with van der Waals surface area (Å²) in [5, 5.41) is 13.6. The van der Waals surface area contributed by atoms with E-state index in [2.05, 4.69) is 27.9 Å². The van der Waals surface area contributed by atoms with Crippen molar-refractivity contribution < 1.29 is 9.84 Å².